The first-order valence-corrected chi connectivity index (χ1v) is 8.96. The molecule has 9 heteroatoms. The first-order valence-electron chi connectivity index (χ1n) is 8.96. The normalized spacial score (nSPS) is 20.4. The highest BCUT2D eigenvalue weighted by molar-refractivity contribution is 6.10. The van der Waals surface area contributed by atoms with E-state index in [1.165, 1.54) is 24.3 Å². The molecule has 2 aromatic rings. The van der Waals surface area contributed by atoms with Gasteiger partial charge in [-0.05, 0) is 48.9 Å². The number of fused-ring (bicyclic) bond motifs is 1. The molecule has 2 N–H and O–H groups in total. The molecule has 2 aliphatic heterocycles. The molecule has 0 saturated carbocycles. The molecule has 29 heavy (non-hydrogen) atoms. The summed E-state index contributed by atoms with van der Waals surface area (Å²) < 4.78 is 24.0. The molecule has 4 rings (SSSR count). The van der Waals surface area contributed by atoms with Crippen LogP contribution in [0.3, 0.4) is 0 Å². The van der Waals surface area contributed by atoms with Crippen LogP contribution in [0.1, 0.15) is 12.5 Å². The zero-order chi connectivity index (χ0) is 20.6. The Hall–Kier alpha value is -3.62. The summed E-state index contributed by atoms with van der Waals surface area (Å²) >= 11 is 0. The van der Waals surface area contributed by atoms with Crippen molar-refractivity contribution in [2.45, 2.75) is 12.5 Å². The highest BCUT2D eigenvalue weighted by atomic mass is 19.1. The summed E-state index contributed by atoms with van der Waals surface area (Å²) in [4.78, 5) is 38.5. The fraction of sp³-hybridized carbons (Fsp3) is 0.250. The molecule has 0 bridgehead atoms. The highest BCUT2D eigenvalue weighted by Gasteiger charge is 2.49. The lowest BCUT2D eigenvalue weighted by Gasteiger charge is -2.25. The summed E-state index contributed by atoms with van der Waals surface area (Å²) in [5, 5.41) is 5.17. The van der Waals surface area contributed by atoms with E-state index in [0.717, 1.165) is 4.90 Å². The number of urea groups is 1. The fourth-order valence-corrected chi connectivity index (χ4v) is 3.27. The summed E-state index contributed by atoms with van der Waals surface area (Å²) in [6.45, 7) is 1.93. The molecule has 150 valence electrons. The van der Waals surface area contributed by atoms with Gasteiger partial charge in [-0.1, -0.05) is 6.07 Å². The van der Waals surface area contributed by atoms with Gasteiger partial charge >= 0.3 is 6.03 Å². The smallest absolute Gasteiger partial charge is 0.325 e. The zero-order valence-corrected chi connectivity index (χ0v) is 15.5. The van der Waals surface area contributed by atoms with Gasteiger partial charge in [-0.3, -0.25) is 14.5 Å². The topological polar surface area (TPSA) is 97.0 Å². The standard InChI is InChI=1S/C20H18FN3O5/c1-20(12-2-7-15-16(10-12)29-9-8-28-15)18(26)24(19(27)23-20)11-17(25)22-14-5-3-13(21)4-6-14/h2-7,10H,8-9,11H2,1H3,(H,22,25)(H,23,27)/t20-/m1/s1. The summed E-state index contributed by atoms with van der Waals surface area (Å²) in [6, 6.07) is 9.49. The predicted octanol–water partition coefficient (Wildman–Crippen LogP) is 2.00. The van der Waals surface area contributed by atoms with Crippen molar-refractivity contribution in [1.29, 1.82) is 0 Å². The second-order valence-electron chi connectivity index (χ2n) is 6.86. The Kier molecular flexibility index (Phi) is 4.57. The van der Waals surface area contributed by atoms with E-state index in [2.05, 4.69) is 10.6 Å². The molecule has 0 unspecified atom stereocenters. The minimum atomic E-state index is -1.34. The highest BCUT2D eigenvalue weighted by Crippen LogP contribution is 2.36. The van der Waals surface area contributed by atoms with Gasteiger partial charge in [-0.2, -0.15) is 0 Å². The first-order chi connectivity index (χ1) is 13.9. The summed E-state index contributed by atoms with van der Waals surface area (Å²) in [7, 11) is 0. The van der Waals surface area contributed by atoms with Crippen molar-refractivity contribution in [3.63, 3.8) is 0 Å². The molecule has 1 atom stereocenters. The molecule has 4 amide bonds. The van der Waals surface area contributed by atoms with Crippen LogP contribution in [0, 0.1) is 5.82 Å². The number of nitrogens with one attached hydrogen (secondary N) is 2. The van der Waals surface area contributed by atoms with E-state index in [0.29, 0.717) is 36.0 Å². The van der Waals surface area contributed by atoms with Crippen LogP contribution in [0.25, 0.3) is 0 Å². The maximum atomic E-state index is 13.0. The lowest BCUT2D eigenvalue weighted by Crippen LogP contribution is -2.42. The summed E-state index contributed by atoms with van der Waals surface area (Å²) in [5.74, 6) is -0.521. The van der Waals surface area contributed by atoms with Crippen LogP contribution in [-0.2, 0) is 15.1 Å². The van der Waals surface area contributed by atoms with Crippen LogP contribution in [0.15, 0.2) is 42.5 Å². The third kappa shape index (κ3) is 3.46. The van der Waals surface area contributed by atoms with E-state index in [4.69, 9.17) is 9.47 Å². The number of amides is 4. The van der Waals surface area contributed by atoms with E-state index in [1.807, 2.05) is 0 Å². The van der Waals surface area contributed by atoms with Gasteiger partial charge in [0.25, 0.3) is 5.91 Å². The zero-order valence-electron chi connectivity index (χ0n) is 15.5. The van der Waals surface area contributed by atoms with E-state index in [9.17, 15) is 18.8 Å². The van der Waals surface area contributed by atoms with Crippen molar-refractivity contribution in [2.24, 2.45) is 0 Å². The van der Waals surface area contributed by atoms with Gasteiger partial charge in [-0.15, -0.1) is 0 Å². The lowest BCUT2D eigenvalue weighted by molar-refractivity contribution is -0.133. The van der Waals surface area contributed by atoms with E-state index in [-0.39, 0.29) is 0 Å². The molecule has 0 aliphatic carbocycles. The molecule has 1 fully saturated rings. The third-order valence-corrected chi connectivity index (χ3v) is 4.82. The quantitative estimate of drug-likeness (QED) is 0.767. The largest absolute Gasteiger partial charge is 0.486 e. The number of hydrogen-bond acceptors (Lipinski definition) is 5. The van der Waals surface area contributed by atoms with E-state index in [1.54, 1.807) is 25.1 Å². The maximum absolute atomic E-state index is 13.0. The van der Waals surface area contributed by atoms with Crippen LogP contribution in [-0.4, -0.2) is 42.5 Å². The van der Waals surface area contributed by atoms with Crippen molar-refractivity contribution in [2.75, 3.05) is 25.1 Å². The van der Waals surface area contributed by atoms with Crippen LogP contribution >= 0.6 is 0 Å². The number of imide groups is 1. The number of halogens is 1. The second kappa shape index (κ2) is 7.08. The number of benzene rings is 2. The Morgan fingerprint density at radius 2 is 1.83 bits per heavy atom. The number of carbonyl (C=O) groups is 3. The molecule has 8 nitrogen and oxygen atoms in total. The van der Waals surface area contributed by atoms with Crippen molar-refractivity contribution >= 4 is 23.5 Å². The van der Waals surface area contributed by atoms with Crippen molar-refractivity contribution in [1.82, 2.24) is 10.2 Å². The monoisotopic (exact) mass is 399 g/mol. The molecule has 0 aromatic heterocycles. The Labute approximate surface area is 165 Å². The second-order valence-corrected chi connectivity index (χ2v) is 6.86. The molecule has 0 radical (unpaired) electrons. The van der Waals surface area contributed by atoms with E-state index >= 15 is 0 Å². The Morgan fingerprint density at radius 1 is 1.14 bits per heavy atom. The molecule has 2 aromatic carbocycles. The summed E-state index contributed by atoms with van der Waals surface area (Å²) in [6.07, 6.45) is 0. The van der Waals surface area contributed by atoms with E-state index < -0.39 is 35.7 Å². The number of carbonyl (C=O) groups excluding carboxylic acids is 3. The van der Waals surface area contributed by atoms with Crippen molar-refractivity contribution in [3.05, 3.63) is 53.8 Å². The molecule has 2 heterocycles. The lowest BCUT2D eigenvalue weighted by atomic mass is 9.91. The summed E-state index contributed by atoms with van der Waals surface area (Å²) in [5.41, 5.74) is -0.470. The van der Waals surface area contributed by atoms with Gasteiger partial charge in [0, 0.05) is 5.69 Å². The average molecular weight is 399 g/mol. The minimum absolute atomic E-state index is 0.359. The molecular formula is C20H18FN3O5. The molecule has 1 saturated heterocycles. The SMILES string of the molecule is C[C@]1(c2ccc3c(c2)OCCO3)NC(=O)N(CC(=O)Nc2ccc(F)cc2)C1=O. The molecular weight excluding hydrogens is 381 g/mol. The predicted molar refractivity (Wildman–Crippen MR) is 100 cm³/mol. The minimum Gasteiger partial charge on any atom is -0.486 e. The van der Waals surface area contributed by atoms with Crippen LogP contribution in [0.2, 0.25) is 0 Å². The molecule has 2 aliphatic rings. The van der Waals surface area contributed by atoms with Crippen LogP contribution in [0.4, 0.5) is 14.9 Å². The van der Waals surface area contributed by atoms with Gasteiger partial charge in [0.05, 0.1) is 0 Å². The van der Waals surface area contributed by atoms with Gasteiger partial charge in [0.2, 0.25) is 5.91 Å². The van der Waals surface area contributed by atoms with Crippen LogP contribution in [0.5, 0.6) is 11.5 Å². The number of ether oxygens (including phenoxy) is 2. The van der Waals surface area contributed by atoms with Crippen LogP contribution < -0.4 is 20.1 Å². The van der Waals surface area contributed by atoms with Gasteiger partial charge in [-0.25, -0.2) is 9.18 Å². The fourth-order valence-electron chi connectivity index (χ4n) is 3.27. The van der Waals surface area contributed by atoms with Crippen molar-refractivity contribution in [3.8, 4) is 11.5 Å². The average Bonchev–Trinajstić information content (AvgIpc) is 2.93. The van der Waals surface area contributed by atoms with Gasteiger partial charge < -0.3 is 20.1 Å². The number of anilines is 1. The first kappa shape index (κ1) is 18.7. The Morgan fingerprint density at radius 3 is 2.55 bits per heavy atom. The number of nitrogens with zero attached hydrogens (tertiary/aromatic N) is 1. The van der Waals surface area contributed by atoms with Gasteiger partial charge in [0.1, 0.15) is 31.1 Å². The Balaban J connectivity index is 1.50. The Bertz CT molecular complexity index is 994. The third-order valence-electron chi connectivity index (χ3n) is 4.82. The number of hydrogen-bond donors (Lipinski definition) is 2. The number of rotatable bonds is 4. The molecule has 0 spiro atoms. The van der Waals surface area contributed by atoms with Gasteiger partial charge in [0.15, 0.2) is 11.5 Å². The van der Waals surface area contributed by atoms with Crippen molar-refractivity contribution < 1.29 is 28.2 Å². The maximum Gasteiger partial charge on any atom is 0.325 e.